The quantitative estimate of drug-likeness (QED) is 0.0855. The molecule has 2 aliphatic rings. The lowest BCUT2D eigenvalue weighted by Gasteiger charge is -2.09. The number of nitrogens with one attached hydrogen (secondary N) is 4. The van der Waals surface area contributed by atoms with Gasteiger partial charge in [-0.2, -0.15) is 0 Å². The number of rotatable bonds is 14. The fourth-order valence-electron chi connectivity index (χ4n) is 5.74. The van der Waals surface area contributed by atoms with Crippen LogP contribution in [0, 0.1) is 0 Å². The minimum Gasteiger partial charge on any atom is -0.385 e. The topological polar surface area (TPSA) is 152 Å². The first-order valence-corrected chi connectivity index (χ1v) is 18.6. The van der Waals surface area contributed by atoms with E-state index in [1.165, 1.54) is 6.20 Å². The zero-order chi connectivity index (χ0) is 38.5. The Morgan fingerprint density at radius 1 is 0.855 bits per heavy atom. The molecule has 0 aliphatic heterocycles. The van der Waals surface area contributed by atoms with E-state index in [-0.39, 0.29) is 23.7 Å². The van der Waals surface area contributed by atoms with Crippen molar-refractivity contribution >= 4 is 57.9 Å². The Bertz CT molecular complexity index is 2330. The van der Waals surface area contributed by atoms with Crippen LogP contribution in [0.4, 0.5) is 20.4 Å². The van der Waals surface area contributed by atoms with Crippen molar-refractivity contribution < 1.29 is 23.1 Å². The monoisotopic (exact) mass is 790 g/mol. The van der Waals surface area contributed by atoms with Crippen LogP contribution in [0.1, 0.15) is 52.8 Å². The van der Waals surface area contributed by atoms with Crippen LogP contribution in [0.15, 0.2) is 73.6 Å². The van der Waals surface area contributed by atoms with Crippen molar-refractivity contribution in [2.75, 3.05) is 37.4 Å². The number of nitrogens with zero attached hydrogens (tertiary/aromatic N) is 6. The third-order valence-corrected chi connectivity index (χ3v) is 9.51. The number of benzene rings is 2. The summed E-state index contributed by atoms with van der Waals surface area (Å²) in [5.41, 5.74) is 5.16. The number of imidazole rings is 2. The van der Waals surface area contributed by atoms with Crippen molar-refractivity contribution in [1.82, 2.24) is 39.4 Å². The van der Waals surface area contributed by atoms with Crippen molar-refractivity contribution in [3.05, 3.63) is 94.8 Å². The molecule has 4 heterocycles. The highest BCUT2D eigenvalue weighted by Crippen LogP contribution is 2.30. The number of hydrogen-bond donors (Lipinski definition) is 4. The number of aromatic nitrogens is 6. The molecule has 0 atom stereocenters. The average molecular weight is 792 g/mol. The Morgan fingerprint density at radius 2 is 1.47 bits per heavy atom. The molecule has 2 saturated carbocycles. The minimum atomic E-state index is -2.49. The number of methoxy groups -OCH3 is 1. The third-order valence-electron chi connectivity index (χ3n) is 8.89. The Hall–Kier alpha value is -5.38. The van der Waals surface area contributed by atoms with E-state index in [2.05, 4.69) is 41.2 Å². The average Bonchev–Trinajstić information content (AvgIpc) is 4.08. The predicted molar refractivity (Wildman–Crippen MR) is 207 cm³/mol. The lowest BCUT2D eigenvalue weighted by atomic mass is 10.1. The molecule has 0 unspecified atom stereocenters. The number of carbonyl (C=O) groups is 2. The Labute approximate surface area is 324 Å². The number of amides is 2. The first-order valence-electron chi connectivity index (χ1n) is 17.8. The van der Waals surface area contributed by atoms with Crippen molar-refractivity contribution in [3.8, 4) is 22.5 Å². The van der Waals surface area contributed by atoms with Gasteiger partial charge in [0.25, 0.3) is 18.2 Å². The van der Waals surface area contributed by atoms with Crippen LogP contribution in [0.3, 0.4) is 0 Å². The van der Waals surface area contributed by atoms with E-state index in [4.69, 9.17) is 27.9 Å². The predicted octanol–water partition coefficient (Wildman–Crippen LogP) is 7.01. The summed E-state index contributed by atoms with van der Waals surface area (Å²) in [6.07, 6.45) is 12.8. The van der Waals surface area contributed by atoms with Gasteiger partial charge in [0.1, 0.15) is 0 Å². The van der Waals surface area contributed by atoms with Crippen molar-refractivity contribution in [3.63, 3.8) is 0 Å². The zero-order valence-corrected chi connectivity index (χ0v) is 31.2. The highest BCUT2D eigenvalue weighted by Gasteiger charge is 2.26. The number of halogens is 4. The van der Waals surface area contributed by atoms with Gasteiger partial charge in [-0.3, -0.25) is 14.0 Å². The normalized spacial score (nSPS) is 13.8. The molecule has 2 amide bonds. The van der Waals surface area contributed by atoms with Crippen LogP contribution in [0.25, 0.3) is 33.8 Å². The van der Waals surface area contributed by atoms with Crippen LogP contribution < -0.4 is 21.3 Å². The summed E-state index contributed by atoms with van der Waals surface area (Å²) >= 11 is 12.7. The largest absolute Gasteiger partial charge is 0.385 e. The molecular weight excluding hydrogens is 753 g/mol. The highest BCUT2D eigenvalue weighted by atomic mass is 35.5. The van der Waals surface area contributed by atoms with E-state index in [0.29, 0.717) is 50.7 Å². The Morgan fingerprint density at radius 3 is 2.09 bits per heavy atom. The molecule has 4 aromatic heterocycles. The minimum absolute atomic E-state index is 0.121. The first kappa shape index (κ1) is 37.9. The maximum Gasteiger partial charge on any atom is 0.255 e. The maximum absolute atomic E-state index is 12.5. The van der Waals surface area contributed by atoms with Gasteiger partial charge in [-0.25, -0.2) is 28.7 Å². The molecule has 286 valence electrons. The second-order valence-corrected chi connectivity index (χ2v) is 14.0. The van der Waals surface area contributed by atoms with Gasteiger partial charge in [-0.05, 0) is 56.4 Å². The van der Waals surface area contributed by atoms with Gasteiger partial charge in [0.2, 0.25) is 0 Å². The summed E-state index contributed by atoms with van der Waals surface area (Å²) in [4.78, 5) is 41.9. The molecule has 6 aromatic rings. The highest BCUT2D eigenvalue weighted by molar-refractivity contribution is 6.34. The second kappa shape index (κ2) is 17.0. The van der Waals surface area contributed by atoms with Crippen molar-refractivity contribution in [2.45, 2.75) is 50.6 Å². The first-order chi connectivity index (χ1) is 26.7. The SMILES string of the molecule is COCCCNc1nccn2c(-c3ccc(C(=O)NC4CC4)c(Cl)c3)cnc12.O=C(NC1CC1)c1ccc(-c2cn3ccnc(NCC(F)F)c3n2)cc1Cl. The molecule has 0 bridgehead atoms. The lowest BCUT2D eigenvalue weighted by molar-refractivity contribution is 0.0942. The molecule has 13 nitrogen and oxygen atoms in total. The Balaban J connectivity index is 0.000000169. The molecule has 17 heteroatoms. The van der Waals surface area contributed by atoms with Gasteiger partial charge in [-0.15, -0.1) is 0 Å². The fraction of sp³-hybridized carbons (Fsp3) is 0.316. The molecule has 2 aliphatic carbocycles. The van der Waals surface area contributed by atoms with E-state index in [1.54, 1.807) is 66.6 Å². The van der Waals surface area contributed by atoms with Crippen LogP contribution in [0.5, 0.6) is 0 Å². The number of anilines is 2. The fourth-order valence-corrected chi connectivity index (χ4v) is 6.27. The third kappa shape index (κ3) is 9.30. The van der Waals surface area contributed by atoms with Gasteiger partial charge in [0, 0.05) is 74.5 Å². The van der Waals surface area contributed by atoms with Gasteiger partial charge >= 0.3 is 0 Å². The van der Waals surface area contributed by atoms with E-state index in [1.807, 2.05) is 16.7 Å². The van der Waals surface area contributed by atoms with Crippen LogP contribution in [-0.2, 0) is 4.74 Å². The molecular formula is C38H38Cl2F2N10O3. The van der Waals surface area contributed by atoms with Crippen molar-refractivity contribution in [2.24, 2.45) is 0 Å². The number of alkyl halides is 2. The van der Waals surface area contributed by atoms with Crippen LogP contribution in [-0.4, -0.2) is 85.9 Å². The van der Waals surface area contributed by atoms with E-state index in [0.717, 1.165) is 61.4 Å². The molecule has 2 fully saturated rings. The van der Waals surface area contributed by atoms with Gasteiger partial charge < -0.3 is 30.4 Å². The standard InChI is InChI=1S/C20H22ClN5O2.C18H16ClF2N5O/c1-28-10-2-7-22-18-19-24-12-17(26(19)9-8-23-18)13-3-6-15(16(21)11-13)20(27)25-14-4-5-14;19-13-7-10(1-4-12(13)18(27)24-11-2-3-11)14-9-26-6-5-22-16(17(26)25-14)23-8-15(20)21/h3,6,8-9,11-12,14H,2,4-5,7,10H2,1H3,(H,22,23)(H,25,27);1,4-7,9,11,15H,2-3,8H2,(H,22,23)(H,24,27). The van der Waals surface area contributed by atoms with Crippen molar-refractivity contribution in [1.29, 1.82) is 0 Å². The molecule has 0 saturated heterocycles. The number of hydrogen-bond acceptors (Lipinski definition) is 9. The number of ether oxygens (including phenoxy) is 1. The lowest BCUT2D eigenvalue weighted by Crippen LogP contribution is -2.25. The molecule has 2 aromatic carbocycles. The van der Waals surface area contributed by atoms with E-state index < -0.39 is 13.0 Å². The van der Waals surface area contributed by atoms with Crippen LogP contribution in [0.2, 0.25) is 10.0 Å². The smallest absolute Gasteiger partial charge is 0.255 e. The summed E-state index contributed by atoms with van der Waals surface area (Å²) in [7, 11) is 1.69. The van der Waals surface area contributed by atoms with Gasteiger partial charge in [-0.1, -0.05) is 35.3 Å². The molecule has 4 N–H and O–H groups in total. The van der Waals surface area contributed by atoms with E-state index in [9.17, 15) is 18.4 Å². The summed E-state index contributed by atoms with van der Waals surface area (Å²) in [6, 6.07) is 11.1. The van der Waals surface area contributed by atoms with Gasteiger partial charge in [0.05, 0.1) is 45.3 Å². The molecule has 8 rings (SSSR count). The Kier molecular flexibility index (Phi) is 11.7. The van der Waals surface area contributed by atoms with Crippen LogP contribution >= 0.6 is 23.2 Å². The maximum atomic E-state index is 12.5. The zero-order valence-electron chi connectivity index (χ0n) is 29.7. The molecule has 55 heavy (non-hydrogen) atoms. The molecule has 0 radical (unpaired) electrons. The summed E-state index contributed by atoms with van der Waals surface area (Å²) in [6.45, 7) is 0.930. The summed E-state index contributed by atoms with van der Waals surface area (Å²) in [5, 5.41) is 12.5. The number of carbonyl (C=O) groups excluding carboxylic acids is 2. The summed E-state index contributed by atoms with van der Waals surface area (Å²) < 4.78 is 33.6. The summed E-state index contributed by atoms with van der Waals surface area (Å²) in [5.74, 6) is 0.683. The molecule has 0 spiro atoms. The van der Waals surface area contributed by atoms with E-state index >= 15 is 0 Å². The second-order valence-electron chi connectivity index (χ2n) is 13.2. The van der Waals surface area contributed by atoms with Gasteiger partial charge in [0.15, 0.2) is 22.9 Å². The number of fused-ring (bicyclic) bond motifs is 2.